The molecule has 2 aliphatic heterocycles. The lowest BCUT2D eigenvalue weighted by Gasteiger charge is -2.31. The lowest BCUT2D eigenvalue weighted by atomic mass is 10.0. The number of hydrogen-bond donors (Lipinski definition) is 0. The molecule has 0 radical (unpaired) electrons. The van der Waals surface area contributed by atoms with Gasteiger partial charge in [0.15, 0.2) is 0 Å². The fourth-order valence-electron chi connectivity index (χ4n) is 3.81. The van der Waals surface area contributed by atoms with E-state index in [0.29, 0.717) is 68.8 Å². The number of rotatable bonds is 7. The molecule has 10 nitrogen and oxygen atoms in total. The van der Waals surface area contributed by atoms with Crippen LogP contribution in [0, 0.1) is 12.8 Å². The van der Waals surface area contributed by atoms with Crippen molar-refractivity contribution in [2.75, 3.05) is 32.9 Å². The molecule has 4 rings (SSSR count). The Morgan fingerprint density at radius 2 is 1.79 bits per heavy atom. The number of hydrogen-bond acceptors (Lipinski definition) is 9. The second-order valence-electron chi connectivity index (χ2n) is 8.20. The van der Waals surface area contributed by atoms with Crippen molar-refractivity contribution in [3.05, 3.63) is 41.7 Å². The summed E-state index contributed by atoms with van der Waals surface area (Å²) in [5, 5.41) is 0. The predicted octanol–water partition coefficient (Wildman–Crippen LogP) is 3.36. The molecule has 0 bridgehead atoms. The zero-order valence-corrected chi connectivity index (χ0v) is 20.1. The number of amides is 1. The van der Waals surface area contributed by atoms with Crippen molar-refractivity contribution in [1.82, 2.24) is 14.9 Å². The minimum absolute atomic E-state index is 0.0448. The van der Waals surface area contributed by atoms with E-state index < -0.39 is 11.4 Å². The molecule has 0 N–H and O–H groups in total. The zero-order chi connectivity index (χ0) is 23.9. The van der Waals surface area contributed by atoms with E-state index in [0.717, 1.165) is 12.0 Å². The molecular formula is C23H29N3O7S. The maximum atomic E-state index is 11.9. The van der Waals surface area contributed by atoms with Gasteiger partial charge in [-0.25, -0.2) is 14.8 Å². The fourth-order valence-corrected chi connectivity index (χ4v) is 4.49. The molecule has 1 aromatic heterocycles. The fraction of sp³-hybridized carbons (Fsp3) is 0.522. The van der Waals surface area contributed by atoms with Crippen molar-refractivity contribution >= 4 is 17.5 Å². The molecule has 0 unspecified atom stereocenters. The van der Waals surface area contributed by atoms with Crippen LogP contribution in [0.1, 0.15) is 30.9 Å². The Bertz CT molecular complexity index is 987. The molecule has 1 aromatic carbocycles. The first kappa shape index (κ1) is 24.4. The Kier molecular flexibility index (Phi) is 8.30. The molecule has 0 aliphatic carbocycles. The van der Waals surface area contributed by atoms with Gasteiger partial charge in [-0.2, -0.15) is 4.21 Å². The van der Waals surface area contributed by atoms with Crippen molar-refractivity contribution in [2.45, 2.75) is 39.2 Å². The van der Waals surface area contributed by atoms with E-state index in [4.69, 9.17) is 22.6 Å². The summed E-state index contributed by atoms with van der Waals surface area (Å²) >= 11 is -1.62. The Labute approximate surface area is 201 Å². The summed E-state index contributed by atoms with van der Waals surface area (Å²) in [4.78, 5) is 22.1. The number of ether oxygens (including phenoxy) is 3. The first-order chi connectivity index (χ1) is 16.5. The minimum Gasteiger partial charge on any atom is -0.474 e. The Balaban J connectivity index is 1.31. The largest absolute Gasteiger partial charge is 0.474 e. The van der Waals surface area contributed by atoms with E-state index >= 15 is 0 Å². The van der Waals surface area contributed by atoms with Gasteiger partial charge in [-0.05, 0) is 38.0 Å². The van der Waals surface area contributed by atoms with Gasteiger partial charge < -0.3 is 19.1 Å². The van der Waals surface area contributed by atoms with Crippen molar-refractivity contribution in [1.29, 1.82) is 0 Å². The van der Waals surface area contributed by atoms with Gasteiger partial charge in [-0.1, -0.05) is 12.1 Å². The second-order valence-corrected chi connectivity index (χ2v) is 9.08. The van der Waals surface area contributed by atoms with Gasteiger partial charge in [0, 0.05) is 31.8 Å². The van der Waals surface area contributed by atoms with Crippen molar-refractivity contribution in [2.24, 2.45) is 5.92 Å². The van der Waals surface area contributed by atoms with Crippen LogP contribution in [0.4, 0.5) is 4.79 Å². The van der Waals surface area contributed by atoms with E-state index in [2.05, 4.69) is 9.97 Å². The number of aromatic nitrogens is 2. The molecule has 0 atom stereocenters. The van der Waals surface area contributed by atoms with Gasteiger partial charge in [-0.15, -0.1) is 0 Å². The monoisotopic (exact) mass is 491 g/mol. The smallest absolute Gasteiger partial charge is 0.409 e. The van der Waals surface area contributed by atoms with Gasteiger partial charge in [0.2, 0.25) is 11.8 Å². The van der Waals surface area contributed by atoms with Crippen LogP contribution >= 0.6 is 0 Å². The highest BCUT2D eigenvalue weighted by atomic mass is 32.2. The molecule has 2 saturated heterocycles. The number of carbonyl (C=O) groups excluding carboxylic acids is 1. The highest BCUT2D eigenvalue weighted by molar-refractivity contribution is 7.75. The van der Waals surface area contributed by atoms with Crippen LogP contribution in [-0.2, 0) is 30.9 Å². The first-order valence-corrected chi connectivity index (χ1v) is 12.4. The lowest BCUT2D eigenvalue weighted by molar-refractivity contribution is 0.0684. The highest BCUT2D eigenvalue weighted by Crippen LogP contribution is 2.29. The summed E-state index contributed by atoms with van der Waals surface area (Å²) in [6, 6.07) is 7.72. The Morgan fingerprint density at radius 1 is 1.12 bits per heavy atom. The number of likely N-dealkylation sites (tertiary alicyclic amines) is 1. The van der Waals surface area contributed by atoms with Crippen LogP contribution < -0.4 is 9.47 Å². The third-order valence-corrected chi connectivity index (χ3v) is 6.36. The highest BCUT2D eigenvalue weighted by Gasteiger charge is 2.26. The maximum absolute atomic E-state index is 11.9. The van der Waals surface area contributed by atoms with E-state index in [1.54, 1.807) is 11.8 Å². The van der Waals surface area contributed by atoms with E-state index in [-0.39, 0.29) is 18.1 Å². The van der Waals surface area contributed by atoms with E-state index in [9.17, 15) is 9.00 Å². The van der Waals surface area contributed by atoms with Gasteiger partial charge >= 0.3 is 17.5 Å². The SMILES string of the molecule is CCOC(=O)N1CCC(Oc2ncnc(Oc3ccc(C[C@H]4CO[S@@](=O)OC4)cc3)c2C)CC1. The molecule has 1 amide bonds. The third-order valence-electron chi connectivity index (χ3n) is 5.70. The quantitative estimate of drug-likeness (QED) is 0.576. The van der Waals surface area contributed by atoms with Gasteiger partial charge in [0.25, 0.3) is 0 Å². The van der Waals surface area contributed by atoms with E-state index in [1.807, 2.05) is 31.2 Å². The molecule has 2 aromatic rings. The van der Waals surface area contributed by atoms with Crippen molar-refractivity contribution < 1.29 is 31.6 Å². The van der Waals surface area contributed by atoms with Crippen LogP contribution in [0.25, 0.3) is 0 Å². The number of piperidine rings is 1. The molecule has 3 heterocycles. The molecule has 34 heavy (non-hydrogen) atoms. The predicted molar refractivity (Wildman–Crippen MR) is 123 cm³/mol. The lowest BCUT2D eigenvalue weighted by Crippen LogP contribution is -2.42. The molecule has 2 aliphatic rings. The minimum atomic E-state index is -1.62. The average Bonchev–Trinajstić information content (AvgIpc) is 2.85. The molecule has 184 valence electrons. The number of nitrogens with zero attached hydrogens (tertiary/aromatic N) is 3. The number of benzene rings is 1. The summed E-state index contributed by atoms with van der Waals surface area (Å²) in [5.74, 6) is 1.72. The summed E-state index contributed by atoms with van der Waals surface area (Å²) in [7, 11) is 0. The molecule has 0 spiro atoms. The van der Waals surface area contributed by atoms with Crippen LogP contribution in [0.3, 0.4) is 0 Å². The molecule has 0 saturated carbocycles. The zero-order valence-electron chi connectivity index (χ0n) is 19.3. The van der Waals surface area contributed by atoms with Crippen molar-refractivity contribution in [3.8, 4) is 17.5 Å². The van der Waals surface area contributed by atoms with Crippen LogP contribution in [0.2, 0.25) is 0 Å². The van der Waals surface area contributed by atoms with E-state index in [1.165, 1.54) is 6.33 Å². The molecule has 2 fully saturated rings. The van der Waals surface area contributed by atoms with Crippen LogP contribution in [0.5, 0.6) is 17.5 Å². The summed E-state index contributed by atoms with van der Waals surface area (Å²) in [5.41, 5.74) is 1.82. The second kappa shape index (κ2) is 11.6. The Hall–Kier alpha value is -2.76. The third kappa shape index (κ3) is 6.43. The van der Waals surface area contributed by atoms with Gasteiger partial charge in [0.05, 0.1) is 25.4 Å². The number of carbonyl (C=O) groups is 1. The van der Waals surface area contributed by atoms with Gasteiger partial charge in [0.1, 0.15) is 18.2 Å². The van der Waals surface area contributed by atoms with Crippen LogP contribution in [0.15, 0.2) is 30.6 Å². The topological polar surface area (TPSA) is 109 Å². The first-order valence-electron chi connectivity index (χ1n) is 11.4. The van der Waals surface area contributed by atoms with Gasteiger partial charge in [-0.3, -0.25) is 8.37 Å². The summed E-state index contributed by atoms with van der Waals surface area (Å²) in [6.07, 6.45) is 3.26. The standard InChI is InChI=1S/C23H29N3O7S/c1-3-29-23(27)26-10-8-20(9-11-26)33-22-16(2)21(24-15-25-22)32-19-6-4-17(5-7-19)12-18-13-30-34(28)31-14-18/h4-7,15,18,20H,3,8-14H2,1-2H3/t18-,34+. The molecule has 11 heteroatoms. The Morgan fingerprint density at radius 3 is 2.47 bits per heavy atom. The van der Waals surface area contributed by atoms with Crippen LogP contribution in [-0.4, -0.2) is 64.2 Å². The maximum Gasteiger partial charge on any atom is 0.409 e. The summed E-state index contributed by atoms with van der Waals surface area (Å²) < 4.78 is 38.4. The van der Waals surface area contributed by atoms with Crippen molar-refractivity contribution in [3.63, 3.8) is 0 Å². The average molecular weight is 492 g/mol. The molecular weight excluding hydrogens is 462 g/mol. The normalized spacial score (nSPS) is 21.2. The summed E-state index contributed by atoms with van der Waals surface area (Å²) in [6.45, 7) is 6.02.